The van der Waals surface area contributed by atoms with Crippen LogP contribution in [0.3, 0.4) is 0 Å². The number of nitrogens with zero attached hydrogens (tertiary/aromatic N) is 2. The number of carbonyl (C=O) groups is 1. The lowest BCUT2D eigenvalue weighted by Crippen LogP contribution is -2.27. The van der Waals surface area contributed by atoms with Crippen molar-refractivity contribution in [3.63, 3.8) is 0 Å². The van der Waals surface area contributed by atoms with Crippen LogP contribution in [-0.2, 0) is 6.54 Å². The topological polar surface area (TPSA) is 46.3 Å². The predicted octanol–water partition coefficient (Wildman–Crippen LogP) is 5.19. The highest BCUT2D eigenvalue weighted by Gasteiger charge is 2.36. The molecule has 0 saturated heterocycles. The third-order valence-electron chi connectivity index (χ3n) is 5.09. The van der Waals surface area contributed by atoms with Crippen molar-refractivity contribution in [3.8, 4) is 0 Å². The molecule has 1 aliphatic carbocycles. The molecular formula is C21H21ClN2O2. The predicted molar refractivity (Wildman–Crippen MR) is 103 cm³/mol. The highest BCUT2D eigenvalue weighted by molar-refractivity contribution is 6.31. The second-order valence-corrected chi connectivity index (χ2v) is 7.68. The number of carbonyl (C=O) groups excluding carboxylic acids is 1. The molecule has 3 aromatic rings. The van der Waals surface area contributed by atoms with E-state index in [0.29, 0.717) is 34.7 Å². The molecule has 1 amide bonds. The van der Waals surface area contributed by atoms with Gasteiger partial charge in [-0.05, 0) is 55.7 Å². The minimum atomic E-state index is -0.0744. The molecular weight excluding hydrogens is 348 g/mol. The molecule has 1 aliphatic rings. The van der Waals surface area contributed by atoms with Crippen LogP contribution in [0.2, 0.25) is 5.02 Å². The molecule has 1 saturated carbocycles. The summed E-state index contributed by atoms with van der Waals surface area (Å²) in [6, 6.07) is 11.4. The Kier molecular flexibility index (Phi) is 4.23. The van der Waals surface area contributed by atoms with Gasteiger partial charge in [-0.1, -0.05) is 18.5 Å². The summed E-state index contributed by atoms with van der Waals surface area (Å²) in [5.41, 5.74) is 2.13. The monoisotopic (exact) mass is 368 g/mol. The minimum absolute atomic E-state index is 0.0744. The summed E-state index contributed by atoms with van der Waals surface area (Å²) in [6.45, 7) is 4.52. The third-order valence-corrected chi connectivity index (χ3v) is 5.33. The first-order chi connectivity index (χ1) is 12.4. The average Bonchev–Trinajstić information content (AvgIpc) is 3.15. The van der Waals surface area contributed by atoms with Gasteiger partial charge in [-0.3, -0.25) is 9.78 Å². The molecule has 0 spiro atoms. The van der Waals surface area contributed by atoms with Crippen molar-refractivity contribution >= 4 is 28.4 Å². The summed E-state index contributed by atoms with van der Waals surface area (Å²) in [4.78, 5) is 19.1. The zero-order valence-electron chi connectivity index (χ0n) is 15.1. The van der Waals surface area contributed by atoms with Crippen molar-refractivity contribution in [2.24, 2.45) is 5.92 Å². The molecule has 0 bridgehead atoms. The molecule has 0 unspecified atom stereocenters. The van der Waals surface area contributed by atoms with E-state index in [4.69, 9.17) is 16.0 Å². The van der Waals surface area contributed by atoms with Gasteiger partial charge in [0.25, 0.3) is 5.91 Å². The Morgan fingerprint density at radius 1 is 1.31 bits per heavy atom. The molecule has 1 aromatic carbocycles. The average molecular weight is 369 g/mol. The van der Waals surface area contributed by atoms with Crippen LogP contribution >= 0.6 is 11.6 Å². The normalized spacial score (nSPS) is 18.9. The highest BCUT2D eigenvalue weighted by Crippen LogP contribution is 2.47. The number of aromatic nitrogens is 1. The molecule has 0 radical (unpaired) electrons. The molecule has 0 aliphatic heterocycles. The van der Waals surface area contributed by atoms with E-state index < -0.39 is 0 Å². The molecule has 4 rings (SSSR count). The van der Waals surface area contributed by atoms with Gasteiger partial charge in [-0.15, -0.1) is 0 Å². The number of furan rings is 1. The van der Waals surface area contributed by atoms with Gasteiger partial charge in [0.15, 0.2) is 0 Å². The van der Waals surface area contributed by atoms with Gasteiger partial charge in [0, 0.05) is 23.4 Å². The Morgan fingerprint density at radius 3 is 2.81 bits per heavy atom. The number of fused-ring (bicyclic) bond motifs is 1. The quantitative estimate of drug-likeness (QED) is 0.637. The van der Waals surface area contributed by atoms with Crippen LogP contribution in [0.15, 0.2) is 40.8 Å². The number of amides is 1. The lowest BCUT2D eigenvalue weighted by molar-refractivity contribution is 0.0774. The molecule has 134 valence electrons. The van der Waals surface area contributed by atoms with Crippen LogP contribution in [0.4, 0.5) is 0 Å². The van der Waals surface area contributed by atoms with Crippen molar-refractivity contribution in [1.82, 2.24) is 9.88 Å². The number of halogens is 1. The van der Waals surface area contributed by atoms with Gasteiger partial charge >= 0.3 is 0 Å². The van der Waals surface area contributed by atoms with E-state index in [1.807, 2.05) is 37.3 Å². The first kappa shape index (κ1) is 17.1. The van der Waals surface area contributed by atoms with Crippen LogP contribution in [0, 0.1) is 12.8 Å². The smallest absolute Gasteiger partial charge is 0.255 e. The van der Waals surface area contributed by atoms with Crippen molar-refractivity contribution < 1.29 is 9.21 Å². The number of benzene rings is 1. The van der Waals surface area contributed by atoms with Gasteiger partial charge < -0.3 is 9.32 Å². The standard InChI is InChI=1S/C21H21ClN2O2/c1-12-8-17(12)20-7-5-16(26-20)11-24(3)21(25)18-10-14-9-15(22)4-6-19(14)23-13(18)2/h4-7,9-10,12,17H,8,11H2,1-3H3/t12-,17-/m0/s1. The number of hydrogen-bond donors (Lipinski definition) is 0. The summed E-state index contributed by atoms with van der Waals surface area (Å²) >= 11 is 6.07. The lowest BCUT2D eigenvalue weighted by atomic mass is 10.1. The molecule has 4 nitrogen and oxygen atoms in total. The van der Waals surface area contributed by atoms with Crippen molar-refractivity contribution in [2.45, 2.75) is 32.7 Å². The van der Waals surface area contributed by atoms with Gasteiger partial charge in [-0.2, -0.15) is 0 Å². The van der Waals surface area contributed by atoms with Gasteiger partial charge in [0.05, 0.1) is 23.3 Å². The zero-order valence-corrected chi connectivity index (χ0v) is 15.9. The minimum Gasteiger partial charge on any atom is -0.464 e. The summed E-state index contributed by atoms with van der Waals surface area (Å²) in [5, 5.41) is 1.50. The molecule has 5 heteroatoms. The van der Waals surface area contributed by atoms with E-state index in [-0.39, 0.29) is 5.91 Å². The molecule has 0 N–H and O–H groups in total. The molecule has 2 heterocycles. The van der Waals surface area contributed by atoms with Crippen molar-refractivity contribution in [3.05, 3.63) is 64.2 Å². The van der Waals surface area contributed by atoms with Crippen LogP contribution in [0.5, 0.6) is 0 Å². The maximum atomic E-state index is 12.9. The fraction of sp³-hybridized carbons (Fsp3) is 0.333. The first-order valence-electron chi connectivity index (χ1n) is 8.83. The molecule has 26 heavy (non-hydrogen) atoms. The Morgan fingerprint density at radius 2 is 2.08 bits per heavy atom. The molecule has 2 atom stereocenters. The first-order valence-corrected chi connectivity index (χ1v) is 9.21. The summed E-state index contributed by atoms with van der Waals surface area (Å²) in [7, 11) is 1.78. The number of pyridine rings is 1. The largest absolute Gasteiger partial charge is 0.464 e. The van der Waals surface area contributed by atoms with Crippen LogP contribution in [0.1, 0.15) is 46.8 Å². The molecule has 1 fully saturated rings. The van der Waals surface area contributed by atoms with Crippen molar-refractivity contribution in [2.75, 3.05) is 7.05 Å². The van der Waals surface area contributed by atoms with E-state index in [0.717, 1.165) is 22.4 Å². The van der Waals surface area contributed by atoms with Crippen LogP contribution in [-0.4, -0.2) is 22.8 Å². The Balaban J connectivity index is 1.55. The SMILES string of the molecule is Cc1nc2ccc(Cl)cc2cc1C(=O)N(C)Cc1ccc([C@H]2C[C@@H]2C)o1. The van der Waals surface area contributed by atoms with E-state index in [2.05, 4.69) is 11.9 Å². The molecule has 2 aromatic heterocycles. The second-order valence-electron chi connectivity index (χ2n) is 7.24. The van der Waals surface area contributed by atoms with Gasteiger partial charge in [-0.25, -0.2) is 0 Å². The maximum absolute atomic E-state index is 12.9. The highest BCUT2D eigenvalue weighted by atomic mass is 35.5. The zero-order chi connectivity index (χ0) is 18.4. The Hall–Kier alpha value is -2.33. The lowest BCUT2D eigenvalue weighted by Gasteiger charge is -2.17. The summed E-state index contributed by atoms with van der Waals surface area (Å²) in [5.74, 6) is 3.01. The number of hydrogen-bond acceptors (Lipinski definition) is 3. The summed E-state index contributed by atoms with van der Waals surface area (Å²) < 4.78 is 5.92. The van der Waals surface area contributed by atoms with Crippen LogP contribution < -0.4 is 0 Å². The van der Waals surface area contributed by atoms with E-state index >= 15 is 0 Å². The van der Waals surface area contributed by atoms with Crippen LogP contribution in [0.25, 0.3) is 10.9 Å². The van der Waals surface area contributed by atoms with Gasteiger partial charge in [0.1, 0.15) is 11.5 Å². The van der Waals surface area contributed by atoms with E-state index in [9.17, 15) is 4.79 Å². The van der Waals surface area contributed by atoms with E-state index in [1.165, 1.54) is 6.42 Å². The Labute approximate surface area is 157 Å². The van der Waals surface area contributed by atoms with Gasteiger partial charge in [0.2, 0.25) is 0 Å². The fourth-order valence-corrected chi connectivity index (χ4v) is 3.55. The Bertz CT molecular complexity index is 995. The maximum Gasteiger partial charge on any atom is 0.255 e. The summed E-state index contributed by atoms with van der Waals surface area (Å²) in [6.07, 6.45) is 1.19. The third kappa shape index (κ3) is 3.21. The number of aryl methyl sites for hydroxylation is 1. The number of rotatable bonds is 4. The fourth-order valence-electron chi connectivity index (χ4n) is 3.37. The van der Waals surface area contributed by atoms with E-state index in [1.54, 1.807) is 18.0 Å². The van der Waals surface area contributed by atoms with Crippen molar-refractivity contribution in [1.29, 1.82) is 0 Å². The second kappa shape index (κ2) is 6.44.